The van der Waals surface area contributed by atoms with Gasteiger partial charge in [-0.1, -0.05) is 37.3 Å². The van der Waals surface area contributed by atoms with E-state index in [1.807, 2.05) is 12.5 Å². The molecule has 2 heterocycles. The molecule has 3 nitrogen and oxygen atoms in total. The second-order valence-corrected chi connectivity index (χ2v) is 6.97. The van der Waals surface area contributed by atoms with E-state index < -0.39 is 0 Å². The van der Waals surface area contributed by atoms with Gasteiger partial charge in [-0.3, -0.25) is 0 Å². The van der Waals surface area contributed by atoms with Crippen LogP contribution in [-0.4, -0.2) is 34.1 Å². The normalized spacial score (nSPS) is 18.1. The van der Waals surface area contributed by atoms with Crippen LogP contribution in [0, 0.1) is 5.92 Å². The van der Waals surface area contributed by atoms with Crippen molar-refractivity contribution in [3.05, 3.63) is 54.6 Å². The van der Waals surface area contributed by atoms with Gasteiger partial charge in [-0.15, -0.1) is 0 Å². The molecular weight excluding hydrogens is 282 g/mol. The fraction of sp³-hybridized carbons (Fsp3) is 0.550. The highest BCUT2D eigenvalue weighted by atomic mass is 15.1. The SMILES string of the molecule is CC(CCN1CCC(CCn2ccnc2)CC1)c1ccccc1. The topological polar surface area (TPSA) is 21.1 Å². The lowest BCUT2D eigenvalue weighted by molar-refractivity contribution is 0.172. The molecule has 2 aromatic rings. The molecule has 1 saturated heterocycles. The number of imidazole rings is 1. The van der Waals surface area contributed by atoms with Crippen LogP contribution in [0.3, 0.4) is 0 Å². The Balaban J connectivity index is 1.34. The molecule has 1 fully saturated rings. The predicted octanol–water partition coefficient (Wildman–Crippen LogP) is 4.18. The monoisotopic (exact) mass is 311 g/mol. The largest absolute Gasteiger partial charge is 0.337 e. The lowest BCUT2D eigenvalue weighted by Crippen LogP contribution is -2.35. The van der Waals surface area contributed by atoms with Crippen LogP contribution in [0.4, 0.5) is 0 Å². The summed E-state index contributed by atoms with van der Waals surface area (Å²) in [4.78, 5) is 6.78. The van der Waals surface area contributed by atoms with Crippen LogP contribution in [0.15, 0.2) is 49.1 Å². The molecule has 3 rings (SSSR count). The molecular formula is C20H29N3. The molecule has 0 saturated carbocycles. The van der Waals surface area contributed by atoms with Crippen molar-refractivity contribution in [1.82, 2.24) is 14.5 Å². The number of aromatic nitrogens is 2. The number of hydrogen-bond donors (Lipinski definition) is 0. The zero-order chi connectivity index (χ0) is 15.9. The van der Waals surface area contributed by atoms with Gasteiger partial charge in [0.05, 0.1) is 6.33 Å². The van der Waals surface area contributed by atoms with Crippen LogP contribution in [0.25, 0.3) is 0 Å². The third-order valence-electron chi connectivity index (χ3n) is 5.31. The first-order chi connectivity index (χ1) is 11.3. The molecule has 1 atom stereocenters. The lowest BCUT2D eigenvalue weighted by atomic mass is 9.92. The van der Waals surface area contributed by atoms with E-state index in [9.17, 15) is 0 Å². The Morgan fingerprint density at radius 1 is 1.13 bits per heavy atom. The highest BCUT2D eigenvalue weighted by molar-refractivity contribution is 5.18. The van der Waals surface area contributed by atoms with Crippen molar-refractivity contribution in [3.63, 3.8) is 0 Å². The Morgan fingerprint density at radius 3 is 2.61 bits per heavy atom. The smallest absolute Gasteiger partial charge is 0.0945 e. The first-order valence-corrected chi connectivity index (χ1v) is 9.04. The molecule has 3 heteroatoms. The molecule has 1 unspecified atom stereocenters. The van der Waals surface area contributed by atoms with Crippen LogP contribution < -0.4 is 0 Å². The minimum atomic E-state index is 0.662. The number of rotatable bonds is 7. The maximum Gasteiger partial charge on any atom is 0.0945 e. The minimum absolute atomic E-state index is 0.662. The lowest BCUT2D eigenvalue weighted by Gasteiger charge is -2.32. The van der Waals surface area contributed by atoms with Gasteiger partial charge in [0.2, 0.25) is 0 Å². The highest BCUT2D eigenvalue weighted by Crippen LogP contribution is 2.23. The molecule has 23 heavy (non-hydrogen) atoms. The number of benzene rings is 1. The van der Waals surface area contributed by atoms with Gasteiger partial charge in [0.25, 0.3) is 0 Å². The second kappa shape index (κ2) is 8.30. The van der Waals surface area contributed by atoms with Crippen molar-refractivity contribution >= 4 is 0 Å². The highest BCUT2D eigenvalue weighted by Gasteiger charge is 2.19. The van der Waals surface area contributed by atoms with Gasteiger partial charge in [-0.05, 0) is 62.7 Å². The van der Waals surface area contributed by atoms with E-state index >= 15 is 0 Å². The summed E-state index contributed by atoms with van der Waals surface area (Å²) in [5.74, 6) is 1.55. The third-order valence-corrected chi connectivity index (χ3v) is 5.31. The van der Waals surface area contributed by atoms with Crippen molar-refractivity contribution in [2.24, 2.45) is 5.92 Å². The van der Waals surface area contributed by atoms with Crippen LogP contribution in [-0.2, 0) is 6.54 Å². The molecule has 1 aliphatic rings. The van der Waals surface area contributed by atoms with Crippen LogP contribution in [0.5, 0.6) is 0 Å². The quantitative estimate of drug-likeness (QED) is 0.765. The summed E-state index contributed by atoms with van der Waals surface area (Å²) < 4.78 is 2.20. The second-order valence-electron chi connectivity index (χ2n) is 6.97. The molecule has 0 N–H and O–H groups in total. The summed E-state index contributed by atoms with van der Waals surface area (Å²) in [6, 6.07) is 10.9. The number of hydrogen-bond acceptors (Lipinski definition) is 2. The number of nitrogens with zero attached hydrogens (tertiary/aromatic N) is 3. The van der Waals surface area contributed by atoms with E-state index in [-0.39, 0.29) is 0 Å². The molecule has 124 valence electrons. The van der Waals surface area contributed by atoms with Crippen molar-refractivity contribution in [2.45, 2.75) is 45.1 Å². The first-order valence-electron chi connectivity index (χ1n) is 9.04. The molecule has 1 aromatic carbocycles. The predicted molar refractivity (Wildman–Crippen MR) is 95.5 cm³/mol. The van der Waals surface area contributed by atoms with Crippen molar-refractivity contribution in [2.75, 3.05) is 19.6 Å². The Labute approximate surface area is 140 Å². The van der Waals surface area contributed by atoms with Crippen molar-refractivity contribution in [1.29, 1.82) is 0 Å². The fourth-order valence-electron chi connectivity index (χ4n) is 3.57. The molecule has 1 aromatic heterocycles. The molecule has 0 bridgehead atoms. The third kappa shape index (κ3) is 4.93. The summed E-state index contributed by atoms with van der Waals surface area (Å²) in [5.41, 5.74) is 1.47. The maximum atomic E-state index is 4.12. The van der Waals surface area contributed by atoms with Gasteiger partial charge in [0.15, 0.2) is 0 Å². The Morgan fingerprint density at radius 2 is 1.91 bits per heavy atom. The molecule has 1 aliphatic heterocycles. The van der Waals surface area contributed by atoms with Gasteiger partial charge < -0.3 is 9.47 Å². The number of likely N-dealkylation sites (tertiary alicyclic amines) is 1. The molecule has 0 amide bonds. The molecule has 0 aliphatic carbocycles. The average Bonchev–Trinajstić information content (AvgIpc) is 3.13. The van der Waals surface area contributed by atoms with Crippen LogP contribution in [0.1, 0.15) is 44.1 Å². The zero-order valence-corrected chi connectivity index (χ0v) is 14.3. The Bertz CT molecular complexity index is 542. The van der Waals surface area contributed by atoms with E-state index in [0.29, 0.717) is 5.92 Å². The first kappa shape index (κ1) is 16.3. The van der Waals surface area contributed by atoms with Gasteiger partial charge in [0, 0.05) is 18.9 Å². The average molecular weight is 311 g/mol. The van der Waals surface area contributed by atoms with E-state index in [0.717, 1.165) is 12.5 Å². The summed E-state index contributed by atoms with van der Waals surface area (Å²) in [6.07, 6.45) is 11.1. The summed E-state index contributed by atoms with van der Waals surface area (Å²) >= 11 is 0. The minimum Gasteiger partial charge on any atom is -0.337 e. The van der Waals surface area contributed by atoms with Gasteiger partial charge >= 0.3 is 0 Å². The van der Waals surface area contributed by atoms with Gasteiger partial charge in [-0.25, -0.2) is 4.98 Å². The summed E-state index contributed by atoms with van der Waals surface area (Å²) in [5, 5.41) is 0. The van der Waals surface area contributed by atoms with E-state index in [1.165, 1.54) is 50.9 Å². The van der Waals surface area contributed by atoms with Crippen LogP contribution in [0.2, 0.25) is 0 Å². The zero-order valence-electron chi connectivity index (χ0n) is 14.3. The fourth-order valence-corrected chi connectivity index (χ4v) is 3.57. The summed E-state index contributed by atoms with van der Waals surface area (Å²) in [6.45, 7) is 7.26. The van der Waals surface area contributed by atoms with E-state index in [2.05, 4.69) is 57.9 Å². The molecule has 0 radical (unpaired) electrons. The number of aryl methyl sites for hydroxylation is 1. The van der Waals surface area contributed by atoms with E-state index in [1.54, 1.807) is 0 Å². The van der Waals surface area contributed by atoms with Gasteiger partial charge in [-0.2, -0.15) is 0 Å². The maximum absolute atomic E-state index is 4.12. The summed E-state index contributed by atoms with van der Waals surface area (Å²) in [7, 11) is 0. The van der Waals surface area contributed by atoms with Crippen LogP contribution >= 0.6 is 0 Å². The number of piperidine rings is 1. The standard InChI is InChI=1S/C20H29N3/c1-18(20-5-3-2-4-6-20)7-12-22-13-8-19(9-14-22)10-15-23-16-11-21-17-23/h2-6,11,16-19H,7-10,12-15H2,1H3. The van der Waals surface area contributed by atoms with E-state index in [4.69, 9.17) is 0 Å². The molecule has 0 spiro atoms. The van der Waals surface area contributed by atoms with Crippen molar-refractivity contribution < 1.29 is 0 Å². The Kier molecular flexibility index (Phi) is 5.87. The van der Waals surface area contributed by atoms with Gasteiger partial charge in [0.1, 0.15) is 0 Å². The Hall–Kier alpha value is -1.61. The van der Waals surface area contributed by atoms with Crippen molar-refractivity contribution in [3.8, 4) is 0 Å².